The van der Waals surface area contributed by atoms with Gasteiger partial charge in [-0.15, -0.1) is 11.6 Å². The lowest BCUT2D eigenvalue weighted by molar-refractivity contribution is 0.418. The lowest BCUT2D eigenvalue weighted by Crippen LogP contribution is -1.95. The van der Waals surface area contributed by atoms with Gasteiger partial charge in [-0.05, 0) is 12.3 Å². The normalized spacial score (nSPS) is 13.1. The number of oxazole rings is 1. The molecule has 1 rings (SSSR count). The summed E-state index contributed by atoms with van der Waals surface area (Å²) in [6, 6.07) is 0. The van der Waals surface area contributed by atoms with Gasteiger partial charge < -0.3 is 4.42 Å². The van der Waals surface area contributed by atoms with E-state index in [4.69, 9.17) is 16.0 Å². The molecule has 2 nitrogen and oxygen atoms in total. The number of alkyl halides is 1. The summed E-state index contributed by atoms with van der Waals surface area (Å²) in [5, 5.41) is 0. The van der Waals surface area contributed by atoms with Crippen LogP contribution in [-0.2, 0) is 12.8 Å². The molecular formula is C11H18ClNO. The van der Waals surface area contributed by atoms with Crippen LogP contribution in [0.3, 0.4) is 0 Å². The highest BCUT2D eigenvalue weighted by molar-refractivity contribution is 6.17. The SMILES string of the molecule is CCC(C)Cc1cnc(CCCCl)o1. The molecule has 0 aliphatic rings. The second-order valence-electron chi connectivity index (χ2n) is 3.73. The number of halogens is 1. The van der Waals surface area contributed by atoms with Crippen molar-refractivity contribution in [3.8, 4) is 0 Å². The van der Waals surface area contributed by atoms with Crippen molar-refractivity contribution < 1.29 is 4.42 Å². The lowest BCUT2D eigenvalue weighted by atomic mass is 10.0. The molecule has 0 aliphatic carbocycles. The molecule has 1 atom stereocenters. The minimum absolute atomic E-state index is 0.670. The third-order valence-corrected chi connectivity index (χ3v) is 2.64. The predicted octanol–water partition coefficient (Wildman–Crippen LogP) is 3.43. The average molecular weight is 216 g/mol. The van der Waals surface area contributed by atoms with Gasteiger partial charge in [0.15, 0.2) is 5.89 Å². The van der Waals surface area contributed by atoms with Crippen LogP contribution < -0.4 is 0 Å². The first-order valence-corrected chi connectivity index (χ1v) is 5.79. The van der Waals surface area contributed by atoms with E-state index in [1.54, 1.807) is 0 Å². The van der Waals surface area contributed by atoms with E-state index in [2.05, 4.69) is 18.8 Å². The van der Waals surface area contributed by atoms with Crippen molar-refractivity contribution >= 4 is 11.6 Å². The maximum absolute atomic E-state index is 5.60. The highest BCUT2D eigenvalue weighted by Gasteiger charge is 2.06. The highest BCUT2D eigenvalue weighted by Crippen LogP contribution is 2.13. The van der Waals surface area contributed by atoms with Crippen LogP contribution in [0.5, 0.6) is 0 Å². The summed E-state index contributed by atoms with van der Waals surface area (Å²) in [6.07, 6.45) is 5.80. The van der Waals surface area contributed by atoms with Crippen molar-refractivity contribution in [1.82, 2.24) is 4.98 Å². The molecule has 0 fully saturated rings. The first-order chi connectivity index (χ1) is 6.76. The number of hydrogen-bond donors (Lipinski definition) is 0. The summed E-state index contributed by atoms with van der Waals surface area (Å²) in [5.41, 5.74) is 0. The number of rotatable bonds is 6. The second-order valence-corrected chi connectivity index (χ2v) is 4.11. The van der Waals surface area contributed by atoms with Crippen LogP contribution in [0.15, 0.2) is 10.6 Å². The van der Waals surface area contributed by atoms with Gasteiger partial charge in [-0.3, -0.25) is 0 Å². The van der Waals surface area contributed by atoms with Crippen LogP contribution in [0.1, 0.15) is 38.3 Å². The number of nitrogens with zero attached hydrogens (tertiary/aromatic N) is 1. The first-order valence-electron chi connectivity index (χ1n) is 5.25. The van der Waals surface area contributed by atoms with Crippen molar-refractivity contribution in [2.75, 3.05) is 5.88 Å². The van der Waals surface area contributed by atoms with Gasteiger partial charge in [-0.25, -0.2) is 4.98 Å². The van der Waals surface area contributed by atoms with E-state index in [0.29, 0.717) is 11.8 Å². The summed E-state index contributed by atoms with van der Waals surface area (Å²) in [4.78, 5) is 4.22. The van der Waals surface area contributed by atoms with E-state index < -0.39 is 0 Å². The maximum Gasteiger partial charge on any atom is 0.194 e. The molecule has 1 heterocycles. The van der Waals surface area contributed by atoms with Gasteiger partial charge in [0.1, 0.15) is 5.76 Å². The van der Waals surface area contributed by atoms with Crippen molar-refractivity contribution in [1.29, 1.82) is 0 Å². The van der Waals surface area contributed by atoms with Gasteiger partial charge in [0.05, 0.1) is 6.20 Å². The molecule has 3 heteroatoms. The first kappa shape index (κ1) is 11.6. The molecule has 0 saturated heterocycles. The predicted molar refractivity (Wildman–Crippen MR) is 58.7 cm³/mol. The van der Waals surface area contributed by atoms with Gasteiger partial charge in [-0.1, -0.05) is 20.3 Å². The molecule has 80 valence electrons. The van der Waals surface area contributed by atoms with Crippen LogP contribution >= 0.6 is 11.6 Å². The van der Waals surface area contributed by atoms with Crippen LogP contribution in [0.2, 0.25) is 0 Å². The molecule has 0 spiro atoms. The van der Waals surface area contributed by atoms with E-state index in [-0.39, 0.29) is 0 Å². The molecule has 1 unspecified atom stereocenters. The van der Waals surface area contributed by atoms with Gasteiger partial charge in [0.25, 0.3) is 0 Å². The Kier molecular flexibility index (Phi) is 5.02. The van der Waals surface area contributed by atoms with Crippen LogP contribution in [-0.4, -0.2) is 10.9 Å². The molecule has 0 aromatic carbocycles. The monoisotopic (exact) mass is 215 g/mol. The molecule has 0 aliphatic heterocycles. The van der Waals surface area contributed by atoms with Crippen LogP contribution in [0.25, 0.3) is 0 Å². The molecular weight excluding hydrogens is 198 g/mol. The summed E-state index contributed by atoms with van der Waals surface area (Å²) in [6.45, 7) is 4.41. The van der Waals surface area contributed by atoms with Crippen LogP contribution in [0.4, 0.5) is 0 Å². The Morgan fingerprint density at radius 2 is 2.36 bits per heavy atom. The second kappa shape index (κ2) is 6.07. The van der Waals surface area contributed by atoms with Crippen LogP contribution in [0, 0.1) is 5.92 Å². The molecule has 0 amide bonds. The van der Waals surface area contributed by atoms with Gasteiger partial charge in [0.2, 0.25) is 0 Å². The van der Waals surface area contributed by atoms with Crippen molar-refractivity contribution in [2.45, 2.75) is 39.5 Å². The molecule has 1 aromatic heterocycles. The summed E-state index contributed by atoms with van der Waals surface area (Å²) < 4.78 is 5.59. The smallest absolute Gasteiger partial charge is 0.194 e. The maximum atomic E-state index is 5.60. The number of hydrogen-bond acceptors (Lipinski definition) is 2. The zero-order valence-corrected chi connectivity index (χ0v) is 9.68. The fraction of sp³-hybridized carbons (Fsp3) is 0.727. The topological polar surface area (TPSA) is 26.0 Å². The van der Waals surface area contributed by atoms with E-state index in [1.165, 1.54) is 6.42 Å². The molecule has 1 aromatic rings. The lowest BCUT2D eigenvalue weighted by Gasteiger charge is -2.03. The Bertz CT molecular complexity index is 260. The van der Waals surface area contributed by atoms with E-state index in [0.717, 1.165) is 30.9 Å². The number of aryl methyl sites for hydroxylation is 1. The summed E-state index contributed by atoms with van der Waals surface area (Å²) in [5.74, 6) is 3.17. The van der Waals surface area contributed by atoms with E-state index >= 15 is 0 Å². The van der Waals surface area contributed by atoms with Gasteiger partial charge >= 0.3 is 0 Å². The number of aromatic nitrogens is 1. The summed E-state index contributed by atoms with van der Waals surface area (Å²) in [7, 11) is 0. The fourth-order valence-corrected chi connectivity index (χ4v) is 1.40. The molecule has 0 N–H and O–H groups in total. The van der Waals surface area contributed by atoms with Crippen molar-refractivity contribution in [3.63, 3.8) is 0 Å². The minimum Gasteiger partial charge on any atom is -0.446 e. The third kappa shape index (κ3) is 3.70. The van der Waals surface area contributed by atoms with E-state index in [9.17, 15) is 0 Å². The standard InChI is InChI=1S/C11H18ClNO/c1-3-9(2)7-10-8-13-11(14-10)5-4-6-12/h8-9H,3-7H2,1-2H3. The Morgan fingerprint density at radius 3 is 3.00 bits per heavy atom. The highest BCUT2D eigenvalue weighted by atomic mass is 35.5. The summed E-state index contributed by atoms with van der Waals surface area (Å²) >= 11 is 5.60. The van der Waals surface area contributed by atoms with Gasteiger partial charge in [0, 0.05) is 18.7 Å². The van der Waals surface area contributed by atoms with Crippen molar-refractivity contribution in [3.05, 3.63) is 17.8 Å². The Hall–Kier alpha value is -0.500. The largest absolute Gasteiger partial charge is 0.446 e. The van der Waals surface area contributed by atoms with Gasteiger partial charge in [-0.2, -0.15) is 0 Å². The Labute approximate surface area is 90.7 Å². The molecule has 0 saturated carbocycles. The molecule has 0 bridgehead atoms. The fourth-order valence-electron chi connectivity index (χ4n) is 1.26. The molecule has 14 heavy (non-hydrogen) atoms. The Balaban J connectivity index is 2.42. The zero-order valence-electron chi connectivity index (χ0n) is 8.92. The van der Waals surface area contributed by atoms with E-state index in [1.807, 2.05) is 6.20 Å². The zero-order chi connectivity index (χ0) is 10.4. The quantitative estimate of drug-likeness (QED) is 0.680. The van der Waals surface area contributed by atoms with Crippen molar-refractivity contribution in [2.24, 2.45) is 5.92 Å². The molecule has 0 radical (unpaired) electrons. The third-order valence-electron chi connectivity index (χ3n) is 2.37. The average Bonchev–Trinajstić information content (AvgIpc) is 2.62. The Morgan fingerprint density at radius 1 is 1.57 bits per heavy atom. The minimum atomic E-state index is 0.670.